The maximum atomic E-state index is 13.6. The van der Waals surface area contributed by atoms with Crippen LogP contribution in [-0.2, 0) is 20.2 Å². The number of hydrogen-bond donors (Lipinski definition) is 0. The molecule has 0 saturated heterocycles. The number of rotatable bonds is 3. The van der Waals surface area contributed by atoms with Gasteiger partial charge in [0.05, 0.1) is 22.0 Å². The summed E-state index contributed by atoms with van der Waals surface area (Å²) in [5.74, 6) is 0.0222. The van der Waals surface area contributed by atoms with Crippen LogP contribution in [-0.4, -0.2) is 20.2 Å². The fraction of sp³-hybridized carbons (Fsp3) is 0.318. The minimum atomic E-state index is -3.78. The lowest BCUT2D eigenvalue weighted by molar-refractivity contribution is -0.123. The molecule has 2 aromatic rings. The molecule has 5 heteroatoms. The molecular formula is C22H23NO3S. The topological polar surface area (TPSA) is 54.5 Å². The minimum Gasteiger partial charge on any atom is -0.299 e. The van der Waals surface area contributed by atoms with Crippen molar-refractivity contribution in [3.8, 4) is 0 Å². The fourth-order valence-corrected chi connectivity index (χ4v) is 6.32. The monoisotopic (exact) mass is 381 g/mol. The van der Waals surface area contributed by atoms with Gasteiger partial charge in [0.1, 0.15) is 5.78 Å². The highest BCUT2D eigenvalue weighted by atomic mass is 32.2. The van der Waals surface area contributed by atoms with E-state index in [4.69, 9.17) is 0 Å². The van der Waals surface area contributed by atoms with E-state index in [0.29, 0.717) is 18.5 Å². The van der Waals surface area contributed by atoms with Crippen LogP contribution in [0.3, 0.4) is 0 Å². The average Bonchev–Trinajstić information content (AvgIpc) is 2.94. The van der Waals surface area contributed by atoms with Crippen LogP contribution in [0.2, 0.25) is 0 Å². The van der Waals surface area contributed by atoms with Gasteiger partial charge < -0.3 is 0 Å². The number of fused-ring (bicyclic) bond motifs is 3. The number of allylic oxidation sites excluding steroid dienone is 1. The van der Waals surface area contributed by atoms with Gasteiger partial charge in [0.2, 0.25) is 0 Å². The maximum absolute atomic E-state index is 13.6. The summed E-state index contributed by atoms with van der Waals surface area (Å²) in [6.45, 7) is 5.53. The second-order valence-electron chi connectivity index (χ2n) is 7.64. The van der Waals surface area contributed by atoms with Gasteiger partial charge in [-0.2, -0.15) is 0 Å². The first kappa shape index (κ1) is 18.0. The van der Waals surface area contributed by atoms with Gasteiger partial charge in [0.25, 0.3) is 10.0 Å². The molecule has 0 saturated carbocycles. The number of Topliss-reactive ketones (excluding diaryl/α,β-unsaturated/α-hetero) is 1. The van der Waals surface area contributed by atoms with Gasteiger partial charge in [-0.05, 0) is 57.4 Å². The maximum Gasteiger partial charge on any atom is 0.264 e. The molecule has 0 unspecified atom stereocenters. The van der Waals surface area contributed by atoms with Gasteiger partial charge in [-0.15, -0.1) is 0 Å². The van der Waals surface area contributed by atoms with Crippen molar-refractivity contribution in [2.24, 2.45) is 0 Å². The number of carbonyl (C=O) groups excluding carboxylic acids is 1. The molecule has 4 nitrogen and oxygen atoms in total. The smallest absolute Gasteiger partial charge is 0.264 e. The number of ketones is 1. The lowest BCUT2D eigenvalue weighted by Gasteiger charge is -2.39. The second kappa shape index (κ2) is 6.06. The van der Waals surface area contributed by atoms with Crippen molar-refractivity contribution in [2.45, 2.75) is 50.0 Å². The molecular weight excluding hydrogens is 358 g/mol. The van der Waals surface area contributed by atoms with Crippen LogP contribution in [0, 0.1) is 6.92 Å². The summed E-state index contributed by atoms with van der Waals surface area (Å²) in [4.78, 5) is 13.2. The Balaban J connectivity index is 1.97. The molecule has 1 aliphatic heterocycles. The summed E-state index contributed by atoms with van der Waals surface area (Å²) in [6.07, 6.45) is 3.16. The quantitative estimate of drug-likeness (QED) is 0.751. The molecule has 2 aliphatic rings. The Bertz CT molecular complexity index is 1050. The summed E-state index contributed by atoms with van der Waals surface area (Å²) >= 11 is 0. The summed E-state index contributed by atoms with van der Waals surface area (Å²) in [6, 6.07) is 13.9. The van der Waals surface area contributed by atoms with E-state index >= 15 is 0 Å². The summed E-state index contributed by atoms with van der Waals surface area (Å²) < 4.78 is 28.7. The van der Waals surface area contributed by atoms with Crippen LogP contribution in [0.15, 0.2) is 65.1 Å². The van der Waals surface area contributed by atoms with Crippen LogP contribution < -0.4 is 4.31 Å². The van der Waals surface area contributed by atoms with Crippen LogP contribution in [0.4, 0.5) is 5.69 Å². The molecule has 0 bridgehead atoms. The zero-order chi connectivity index (χ0) is 19.4. The van der Waals surface area contributed by atoms with Gasteiger partial charge in [-0.3, -0.25) is 9.10 Å². The van der Waals surface area contributed by atoms with Gasteiger partial charge in [-0.1, -0.05) is 47.5 Å². The standard InChI is InChI=1S/C22H23NO3S/c1-15-8-11-18(12-9-15)27(25,26)23-20-7-5-4-6-19(20)22(17(3)24)14-16(2)10-13-21(22)23/h4-12,21H,13-14H2,1-3H3/t21-,22+/m0/s1. The molecule has 0 amide bonds. The molecule has 1 aliphatic carbocycles. The number of benzene rings is 2. The molecule has 2 atom stereocenters. The van der Waals surface area contributed by atoms with E-state index in [-0.39, 0.29) is 10.7 Å². The third-order valence-electron chi connectivity index (χ3n) is 5.93. The minimum absolute atomic E-state index is 0.0222. The van der Waals surface area contributed by atoms with Crippen LogP contribution >= 0.6 is 0 Å². The van der Waals surface area contributed by atoms with Gasteiger partial charge in [-0.25, -0.2) is 8.42 Å². The number of sulfonamides is 1. The van der Waals surface area contributed by atoms with E-state index in [2.05, 4.69) is 6.08 Å². The number of anilines is 1. The number of hydrogen-bond acceptors (Lipinski definition) is 3. The second-order valence-corrected chi connectivity index (χ2v) is 9.45. The highest BCUT2D eigenvalue weighted by Gasteiger charge is 2.57. The zero-order valence-electron chi connectivity index (χ0n) is 15.8. The van der Waals surface area contributed by atoms with E-state index < -0.39 is 21.5 Å². The number of nitrogens with zero attached hydrogens (tertiary/aromatic N) is 1. The fourth-order valence-electron chi connectivity index (χ4n) is 4.59. The number of carbonyl (C=O) groups is 1. The Labute approximate surface area is 160 Å². The van der Waals surface area contributed by atoms with Crippen LogP contribution in [0.1, 0.15) is 37.8 Å². The van der Waals surface area contributed by atoms with E-state index in [0.717, 1.165) is 16.7 Å². The van der Waals surface area contributed by atoms with Gasteiger partial charge >= 0.3 is 0 Å². The average molecular weight is 381 g/mol. The van der Waals surface area contributed by atoms with Crippen molar-refractivity contribution in [3.05, 3.63) is 71.3 Å². The third-order valence-corrected chi connectivity index (χ3v) is 7.76. The summed E-state index contributed by atoms with van der Waals surface area (Å²) in [5.41, 5.74) is 2.77. The largest absolute Gasteiger partial charge is 0.299 e. The number of para-hydroxylation sites is 1. The first-order valence-electron chi connectivity index (χ1n) is 9.16. The molecule has 2 aromatic carbocycles. The first-order valence-corrected chi connectivity index (χ1v) is 10.6. The molecule has 0 spiro atoms. The van der Waals surface area contributed by atoms with Crippen molar-refractivity contribution in [1.29, 1.82) is 0 Å². The van der Waals surface area contributed by atoms with Crippen molar-refractivity contribution in [3.63, 3.8) is 0 Å². The van der Waals surface area contributed by atoms with E-state index in [1.165, 1.54) is 4.31 Å². The first-order chi connectivity index (χ1) is 12.8. The molecule has 0 fully saturated rings. The SMILES string of the molecule is CC(=O)[C@@]12CC(C)=CC[C@@H]1N(S(=O)(=O)c1ccc(C)cc1)c1ccccc12. The van der Waals surface area contributed by atoms with Crippen molar-refractivity contribution < 1.29 is 13.2 Å². The highest BCUT2D eigenvalue weighted by molar-refractivity contribution is 7.92. The molecule has 27 heavy (non-hydrogen) atoms. The molecule has 140 valence electrons. The normalized spacial score (nSPS) is 24.2. The molecule has 0 radical (unpaired) electrons. The van der Waals surface area contributed by atoms with Crippen molar-refractivity contribution in [1.82, 2.24) is 0 Å². The highest BCUT2D eigenvalue weighted by Crippen LogP contribution is 2.54. The van der Waals surface area contributed by atoms with Gasteiger partial charge in [0, 0.05) is 0 Å². The third kappa shape index (κ3) is 2.48. The Hall–Kier alpha value is -2.40. The van der Waals surface area contributed by atoms with Crippen LogP contribution in [0.5, 0.6) is 0 Å². The number of aryl methyl sites for hydroxylation is 1. The van der Waals surface area contributed by atoms with Crippen molar-refractivity contribution in [2.75, 3.05) is 4.31 Å². The zero-order valence-corrected chi connectivity index (χ0v) is 16.6. The molecule has 0 N–H and O–H groups in total. The molecule has 4 rings (SSSR count). The van der Waals surface area contributed by atoms with Crippen LogP contribution in [0.25, 0.3) is 0 Å². The lowest BCUT2D eigenvalue weighted by Crippen LogP contribution is -2.52. The summed E-state index contributed by atoms with van der Waals surface area (Å²) in [5, 5.41) is 0. The Morgan fingerprint density at radius 3 is 2.41 bits per heavy atom. The molecule has 1 heterocycles. The van der Waals surface area contributed by atoms with Crippen molar-refractivity contribution >= 4 is 21.5 Å². The Morgan fingerprint density at radius 1 is 1.07 bits per heavy atom. The summed E-state index contributed by atoms with van der Waals surface area (Å²) in [7, 11) is -3.78. The van der Waals surface area contributed by atoms with E-state index in [1.807, 2.05) is 38.1 Å². The van der Waals surface area contributed by atoms with Gasteiger partial charge in [0.15, 0.2) is 0 Å². The Kier molecular flexibility index (Phi) is 4.04. The van der Waals surface area contributed by atoms with E-state index in [1.54, 1.807) is 31.2 Å². The predicted molar refractivity (Wildman–Crippen MR) is 106 cm³/mol. The predicted octanol–water partition coefficient (Wildman–Crippen LogP) is 4.14. The molecule has 0 aromatic heterocycles. The van der Waals surface area contributed by atoms with E-state index in [9.17, 15) is 13.2 Å². The lowest BCUT2D eigenvalue weighted by atomic mass is 9.66. The Morgan fingerprint density at radius 2 is 1.74 bits per heavy atom.